The Kier molecular flexibility index (Phi) is 3.90. The third kappa shape index (κ3) is 2.97. The lowest BCUT2D eigenvalue weighted by molar-refractivity contribution is -0.138. The Morgan fingerprint density at radius 3 is 2.00 bits per heavy atom. The normalized spacial score (nSPS) is 11.9. The van der Waals surface area contributed by atoms with Crippen LogP contribution in [0.4, 0.5) is 13.2 Å². The summed E-state index contributed by atoms with van der Waals surface area (Å²) < 4.78 is 44.7. The van der Waals surface area contributed by atoms with Crippen LogP contribution in [0.2, 0.25) is 0 Å². The summed E-state index contributed by atoms with van der Waals surface area (Å²) in [7, 11) is 1.23. The highest BCUT2D eigenvalue weighted by Gasteiger charge is 2.35. The van der Waals surface area contributed by atoms with E-state index >= 15 is 0 Å². The number of H-pyrrole nitrogens is 2. The van der Waals surface area contributed by atoms with Crippen molar-refractivity contribution in [1.82, 2.24) is 9.97 Å². The molecule has 2 aromatic heterocycles. The van der Waals surface area contributed by atoms with Crippen LogP contribution >= 0.6 is 0 Å². The molecule has 2 heterocycles. The summed E-state index contributed by atoms with van der Waals surface area (Å²) in [6, 6.07) is 11.5. The fourth-order valence-electron chi connectivity index (χ4n) is 2.70. The summed E-state index contributed by atoms with van der Waals surface area (Å²) in [5.41, 5.74) is 1.38. The summed E-state index contributed by atoms with van der Waals surface area (Å²) in [5, 5.41) is 0. The molecule has 120 valence electrons. The molecule has 3 nitrogen and oxygen atoms in total. The number of ether oxygens (including phenoxy) is 1. The van der Waals surface area contributed by atoms with Crippen molar-refractivity contribution in [2.75, 3.05) is 7.11 Å². The zero-order valence-electron chi connectivity index (χ0n) is 12.3. The third-order valence-electron chi connectivity index (χ3n) is 3.73. The predicted octanol–water partition coefficient (Wildman–Crippen LogP) is 4.55. The number of hydrogen-bond acceptors (Lipinski definition) is 1. The highest BCUT2D eigenvalue weighted by molar-refractivity contribution is 5.45. The molecule has 0 aliphatic carbocycles. The number of aromatic amines is 2. The summed E-state index contributed by atoms with van der Waals surface area (Å²) in [5.74, 6) is -0.523. The first-order valence-electron chi connectivity index (χ1n) is 7.02. The van der Waals surface area contributed by atoms with E-state index in [-0.39, 0.29) is 11.7 Å². The standard InChI is InChI=1S/C17H15F3N2O/c1-23-15-7-6-11(10-12(15)17(18,19)20)16(13-4-2-8-21-13)14-5-3-9-22-14/h2-10,16,21-22H,1H3. The van der Waals surface area contributed by atoms with E-state index in [1.165, 1.54) is 13.2 Å². The monoisotopic (exact) mass is 320 g/mol. The number of nitrogens with one attached hydrogen (secondary N) is 2. The lowest BCUT2D eigenvalue weighted by atomic mass is 9.91. The number of alkyl halides is 3. The van der Waals surface area contributed by atoms with Gasteiger partial charge < -0.3 is 14.7 Å². The second-order valence-corrected chi connectivity index (χ2v) is 5.14. The molecule has 0 bridgehead atoms. The molecule has 1 aromatic carbocycles. The first kappa shape index (κ1) is 15.3. The van der Waals surface area contributed by atoms with Crippen LogP contribution < -0.4 is 4.74 Å². The van der Waals surface area contributed by atoms with Crippen molar-refractivity contribution in [3.8, 4) is 5.75 Å². The Labute approximate surface area is 131 Å². The van der Waals surface area contributed by atoms with Crippen LogP contribution in [0, 0.1) is 0 Å². The van der Waals surface area contributed by atoms with Gasteiger partial charge in [-0.1, -0.05) is 6.07 Å². The number of hydrogen-bond donors (Lipinski definition) is 2. The third-order valence-corrected chi connectivity index (χ3v) is 3.73. The van der Waals surface area contributed by atoms with Gasteiger partial charge in [-0.2, -0.15) is 13.2 Å². The molecule has 0 saturated carbocycles. The van der Waals surface area contributed by atoms with Crippen molar-refractivity contribution in [2.24, 2.45) is 0 Å². The van der Waals surface area contributed by atoms with E-state index in [1.54, 1.807) is 18.5 Å². The van der Waals surface area contributed by atoms with Gasteiger partial charge in [-0.05, 0) is 42.0 Å². The maximum atomic E-state index is 13.3. The Bertz CT molecular complexity index is 727. The van der Waals surface area contributed by atoms with Gasteiger partial charge in [-0.15, -0.1) is 0 Å². The second kappa shape index (κ2) is 5.87. The SMILES string of the molecule is COc1ccc(C(c2ccc[nH]2)c2ccc[nH]2)cc1C(F)(F)F. The number of benzene rings is 1. The van der Waals surface area contributed by atoms with Crippen molar-refractivity contribution >= 4 is 0 Å². The van der Waals surface area contributed by atoms with Crippen LogP contribution in [-0.4, -0.2) is 17.1 Å². The molecule has 0 unspecified atom stereocenters. The topological polar surface area (TPSA) is 40.8 Å². The Hall–Kier alpha value is -2.63. The quantitative estimate of drug-likeness (QED) is 0.727. The molecule has 0 atom stereocenters. The number of halogens is 3. The molecule has 2 N–H and O–H groups in total. The van der Waals surface area contributed by atoms with E-state index in [0.717, 1.165) is 17.5 Å². The fraction of sp³-hybridized carbons (Fsp3) is 0.176. The molecule has 0 amide bonds. The Balaban J connectivity index is 2.14. The summed E-state index contributed by atoms with van der Waals surface area (Å²) >= 11 is 0. The van der Waals surface area contributed by atoms with Gasteiger partial charge >= 0.3 is 6.18 Å². The van der Waals surface area contributed by atoms with Crippen LogP contribution in [0.15, 0.2) is 54.9 Å². The van der Waals surface area contributed by atoms with E-state index in [1.807, 2.05) is 24.3 Å². The predicted molar refractivity (Wildman–Crippen MR) is 80.5 cm³/mol. The van der Waals surface area contributed by atoms with Crippen molar-refractivity contribution in [2.45, 2.75) is 12.1 Å². The minimum absolute atomic E-state index is 0.182. The average Bonchev–Trinajstić information content (AvgIpc) is 3.20. The number of rotatable bonds is 4. The molecule has 3 aromatic rings. The largest absolute Gasteiger partial charge is 0.496 e. The van der Waals surface area contributed by atoms with Crippen LogP contribution in [0.25, 0.3) is 0 Å². The summed E-state index contributed by atoms with van der Waals surface area (Å²) in [6.07, 6.45) is -0.976. The van der Waals surface area contributed by atoms with Gasteiger partial charge in [0.15, 0.2) is 0 Å². The number of methoxy groups -OCH3 is 1. The van der Waals surface area contributed by atoms with Crippen LogP contribution in [0.5, 0.6) is 5.75 Å². The smallest absolute Gasteiger partial charge is 0.419 e. The van der Waals surface area contributed by atoms with E-state index in [4.69, 9.17) is 4.74 Å². The molecule has 0 saturated heterocycles. The van der Waals surface area contributed by atoms with E-state index in [0.29, 0.717) is 5.56 Å². The summed E-state index contributed by atoms with van der Waals surface area (Å²) in [4.78, 5) is 6.16. The fourth-order valence-corrected chi connectivity index (χ4v) is 2.70. The first-order valence-corrected chi connectivity index (χ1v) is 7.02. The van der Waals surface area contributed by atoms with Crippen molar-refractivity contribution in [3.05, 3.63) is 77.4 Å². The molecular weight excluding hydrogens is 305 g/mol. The van der Waals surface area contributed by atoms with Gasteiger partial charge in [0.25, 0.3) is 0 Å². The lowest BCUT2D eigenvalue weighted by Gasteiger charge is -2.19. The highest BCUT2D eigenvalue weighted by Crippen LogP contribution is 2.39. The molecule has 6 heteroatoms. The van der Waals surface area contributed by atoms with E-state index in [2.05, 4.69) is 9.97 Å². The molecular formula is C17H15F3N2O. The zero-order chi connectivity index (χ0) is 16.4. The van der Waals surface area contributed by atoms with Crippen molar-refractivity contribution in [3.63, 3.8) is 0 Å². The molecule has 23 heavy (non-hydrogen) atoms. The van der Waals surface area contributed by atoms with Crippen molar-refractivity contribution in [1.29, 1.82) is 0 Å². The maximum Gasteiger partial charge on any atom is 0.419 e. The van der Waals surface area contributed by atoms with Crippen LogP contribution in [-0.2, 0) is 6.18 Å². The van der Waals surface area contributed by atoms with Crippen LogP contribution in [0.1, 0.15) is 28.4 Å². The minimum Gasteiger partial charge on any atom is -0.496 e. The van der Waals surface area contributed by atoms with Gasteiger partial charge in [0, 0.05) is 23.8 Å². The van der Waals surface area contributed by atoms with Gasteiger partial charge in [-0.3, -0.25) is 0 Å². The van der Waals surface area contributed by atoms with Gasteiger partial charge in [0.05, 0.1) is 18.6 Å². The van der Waals surface area contributed by atoms with E-state index < -0.39 is 11.7 Å². The Morgan fingerprint density at radius 1 is 0.957 bits per heavy atom. The van der Waals surface area contributed by atoms with E-state index in [9.17, 15) is 13.2 Å². The molecule has 0 aliphatic heterocycles. The molecule has 0 radical (unpaired) electrons. The maximum absolute atomic E-state index is 13.3. The molecule has 0 fully saturated rings. The van der Waals surface area contributed by atoms with Gasteiger partial charge in [0.1, 0.15) is 5.75 Å². The van der Waals surface area contributed by atoms with Crippen molar-refractivity contribution < 1.29 is 17.9 Å². The van der Waals surface area contributed by atoms with Gasteiger partial charge in [0.2, 0.25) is 0 Å². The molecule has 3 rings (SSSR count). The highest BCUT2D eigenvalue weighted by atomic mass is 19.4. The van der Waals surface area contributed by atoms with Crippen LogP contribution in [0.3, 0.4) is 0 Å². The zero-order valence-corrected chi connectivity index (χ0v) is 12.3. The first-order chi connectivity index (χ1) is 11.0. The van der Waals surface area contributed by atoms with Gasteiger partial charge in [-0.25, -0.2) is 0 Å². The summed E-state index contributed by atoms with van der Waals surface area (Å²) in [6.45, 7) is 0. The number of aromatic nitrogens is 2. The molecule has 0 aliphatic rings. The molecule has 0 spiro atoms. The average molecular weight is 320 g/mol. The lowest BCUT2D eigenvalue weighted by Crippen LogP contribution is -2.11. The second-order valence-electron chi connectivity index (χ2n) is 5.14. The Morgan fingerprint density at radius 2 is 1.57 bits per heavy atom. The minimum atomic E-state index is -4.47.